The molecule has 24 heteroatoms. The molecule has 8 atom stereocenters. The molecule has 58 heavy (non-hydrogen) atoms. The van der Waals surface area contributed by atoms with E-state index in [4.69, 9.17) is 28.7 Å². The lowest BCUT2D eigenvalue weighted by Gasteiger charge is -2.27. The number of hydrogen-bond acceptors (Lipinski definition) is 12. The molecule has 0 aromatic heterocycles. The van der Waals surface area contributed by atoms with E-state index in [2.05, 4.69) is 36.9 Å². The van der Waals surface area contributed by atoms with Crippen molar-refractivity contribution >= 4 is 65.2 Å². The quantitative estimate of drug-likeness (QED) is 0.0200. The van der Waals surface area contributed by atoms with Gasteiger partial charge in [-0.15, -0.1) is 0 Å². The number of hydrogen-bond donors (Lipinski definition) is 13. The number of carboxylic acids is 2. The maximum absolute atomic E-state index is 13.5. The molecular weight excluding hydrogens is 768 g/mol. The van der Waals surface area contributed by atoms with Gasteiger partial charge in [0.2, 0.25) is 47.3 Å². The molecule has 0 rings (SSSR count). The number of nitrogens with one attached hydrogen (secondary N) is 6. The van der Waals surface area contributed by atoms with E-state index in [1.54, 1.807) is 27.7 Å². The highest BCUT2D eigenvalue weighted by molar-refractivity contribution is 5.98. The molecule has 24 nitrogen and oxygen atoms in total. The molecule has 0 spiro atoms. The molecular formula is C34H60N12O12. The van der Waals surface area contributed by atoms with Crippen LogP contribution in [0.4, 0.5) is 0 Å². The van der Waals surface area contributed by atoms with Gasteiger partial charge in [-0.1, -0.05) is 34.1 Å². The molecule has 0 aliphatic heterocycles. The summed E-state index contributed by atoms with van der Waals surface area (Å²) in [4.78, 5) is 130. The van der Waals surface area contributed by atoms with Crippen LogP contribution in [0.3, 0.4) is 0 Å². The summed E-state index contributed by atoms with van der Waals surface area (Å²) in [5, 5.41) is 32.8. The molecule has 0 fully saturated rings. The molecule has 0 unspecified atom stereocenters. The van der Waals surface area contributed by atoms with Crippen molar-refractivity contribution in [2.45, 2.75) is 128 Å². The number of carbonyl (C=O) groups is 10. The van der Waals surface area contributed by atoms with Crippen LogP contribution in [0, 0.1) is 11.8 Å². The highest BCUT2D eigenvalue weighted by atomic mass is 16.4. The standard InChI is InChI=1S/C34H60N12O12/c1-6-16(4)26(33(57)58)46-32(56)20(12-15(2)3)44-31(55)21(13-24(37)48)45-29(53)19(9-10-23(36)47)42-27(51)17(5)41-30(54)22(14-25(49)50)43-28(52)18(35)8-7-11-40-34(38)39/h15-22,26H,6-14,35H2,1-5H3,(H2,36,47)(H2,37,48)(H,41,54)(H,42,51)(H,43,52)(H,44,55)(H,45,53)(H,46,56)(H,49,50)(H,57,58)(H4,38,39,40)/t16-,17-,18-,19-,20-,21-,22-,26-/m0/s1. The van der Waals surface area contributed by atoms with Crippen molar-refractivity contribution in [1.82, 2.24) is 31.9 Å². The lowest BCUT2D eigenvalue weighted by atomic mass is 9.97. The van der Waals surface area contributed by atoms with Gasteiger partial charge in [-0.2, -0.15) is 0 Å². The summed E-state index contributed by atoms with van der Waals surface area (Å²) in [6.45, 7) is 8.11. The molecule has 0 saturated heterocycles. The predicted octanol–water partition coefficient (Wildman–Crippen LogP) is -4.91. The van der Waals surface area contributed by atoms with E-state index in [1.807, 2.05) is 0 Å². The summed E-state index contributed by atoms with van der Waals surface area (Å²) in [6.07, 6.45) is -1.83. The van der Waals surface area contributed by atoms with Crippen LogP contribution in [0.15, 0.2) is 4.99 Å². The first-order chi connectivity index (χ1) is 26.9. The summed E-state index contributed by atoms with van der Waals surface area (Å²) in [6, 6.07) is -10.3. The summed E-state index contributed by atoms with van der Waals surface area (Å²) >= 11 is 0. The first-order valence-corrected chi connectivity index (χ1v) is 18.5. The third kappa shape index (κ3) is 20.7. The van der Waals surface area contributed by atoms with Crippen LogP contribution in [0.25, 0.3) is 0 Å². The van der Waals surface area contributed by atoms with Crippen molar-refractivity contribution in [2.24, 2.45) is 45.5 Å². The normalized spacial score (nSPS) is 15.0. The molecule has 18 N–H and O–H groups in total. The minimum Gasteiger partial charge on any atom is -0.481 e. The van der Waals surface area contributed by atoms with Crippen LogP contribution in [-0.4, -0.2) is 124 Å². The fourth-order valence-electron chi connectivity index (χ4n) is 5.14. The van der Waals surface area contributed by atoms with E-state index < -0.39 is 133 Å². The number of nitrogens with two attached hydrogens (primary N) is 5. The Hall–Kier alpha value is -6.07. The number of rotatable bonds is 28. The Labute approximate surface area is 335 Å². The lowest BCUT2D eigenvalue weighted by molar-refractivity contribution is -0.144. The highest BCUT2D eigenvalue weighted by Gasteiger charge is 2.35. The molecule has 0 aliphatic rings. The van der Waals surface area contributed by atoms with Gasteiger partial charge in [0.1, 0.15) is 36.3 Å². The average molecular weight is 829 g/mol. The second-order valence-electron chi connectivity index (χ2n) is 14.1. The number of carbonyl (C=O) groups excluding carboxylic acids is 8. The largest absolute Gasteiger partial charge is 0.481 e. The third-order valence-corrected chi connectivity index (χ3v) is 8.54. The number of carboxylic acid groups (broad SMARTS) is 2. The van der Waals surface area contributed by atoms with Gasteiger partial charge in [0.15, 0.2) is 5.96 Å². The molecule has 0 heterocycles. The van der Waals surface area contributed by atoms with Crippen molar-refractivity contribution in [3.8, 4) is 0 Å². The third-order valence-electron chi connectivity index (χ3n) is 8.54. The van der Waals surface area contributed by atoms with Crippen LogP contribution >= 0.6 is 0 Å². The Bertz CT molecular complexity index is 1520. The van der Waals surface area contributed by atoms with Gasteiger partial charge >= 0.3 is 11.9 Å². The maximum Gasteiger partial charge on any atom is 0.326 e. The molecule has 0 aliphatic carbocycles. The van der Waals surface area contributed by atoms with Crippen LogP contribution in [0.2, 0.25) is 0 Å². The van der Waals surface area contributed by atoms with E-state index in [0.717, 1.165) is 6.92 Å². The number of amides is 8. The smallest absolute Gasteiger partial charge is 0.326 e. The van der Waals surface area contributed by atoms with Gasteiger partial charge in [0.25, 0.3) is 0 Å². The Morgan fingerprint density at radius 3 is 1.60 bits per heavy atom. The van der Waals surface area contributed by atoms with Crippen molar-refractivity contribution in [2.75, 3.05) is 6.54 Å². The van der Waals surface area contributed by atoms with Crippen molar-refractivity contribution in [3.63, 3.8) is 0 Å². The van der Waals surface area contributed by atoms with Crippen molar-refractivity contribution in [3.05, 3.63) is 0 Å². The minimum atomic E-state index is -1.74. The van der Waals surface area contributed by atoms with Gasteiger partial charge in [-0.3, -0.25) is 48.1 Å². The van der Waals surface area contributed by atoms with Crippen LogP contribution in [-0.2, 0) is 47.9 Å². The topological polar surface area (TPSA) is 426 Å². The van der Waals surface area contributed by atoms with E-state index in [-0.39, 0.29) is 37.7 Å². The van der Waals surface area contributed by atoms with Crippen molar-refractivity contribution in [1.29, 1.82) is 0 Å². The van der Waals surface area contributed by atoms with Crippen LogP contribution < -0.4 is 60.6 Å². The van der Waals surface area contributed by atoms with E-state index in [0.29, 0.717) is 6.42 Å². The average Bonchev–Trinajstić information content (AvgIpc) is 3.11. The maximum atomic E-state index is 13.5. The minimum absolute atomic E-state index is 0.0209. The zero-order valence-corrected chi connectivity index (χ0v) is 33.4. The summed E-state index contributed by atoms with van der Waals surface area (Å²) in [5.41, 5.74) is 26.9. The fraction of sp³-hybridized carbons (Fsp3) is 0.676. The zero-order chi connectivity index (χ0) is 44.9. The monoisotopic (exact) mass is 828 g/mol. The van der Waals surface area contributed by atoms with E-state index in [1.165, 1.54) is 0 Å². The molecule has 0 aromatic rings. The zero-order valence-electron chi connectivity index (χ0n) is 33.4. The Kier molecular flexibility index (Phi) is 23.2. The fourth-order valence-corrected chi connectivity index (χ4v) is 5.14. The van der Waals surface area contributed by atoms with E-state index >= 15 is 0 Å². The summed E-state index contributed by atoms with van der Waals surface area (Å²) in [5.74, 6) is -11.6. The SMILES string of the molecule is CC[C@H](C)[C@H](NC(=O)[C@H](CC(C)C)NC(=O)[C@H](CC(N)=O)NC(=O)[C@H](CCC(N)=O)NC(=O)[C@H](C)NC(=O)[C@H](CC(=O)O)NC(=O)[C@@H](N)CCCN=C(N)N)C(=O)O. The Morgan fingerprint density at radius 2 is 1.10 bits per heavy atom. The number of aliphatic carboxylic acids is 2. The number of primary amides is 2. The highest BCUT2D eigenvalue weighted by Crippen LogP contribution is 2.12. The van der Waals surface area contributed by atoms with Gasteiger partial charge < -0.3 is 70.8 Å². The van der Waals surface area contributed by atoms with Crippen LogP contribution in [0.1, 0.15) is 86.0 Å². The lowest BCUT2D eigenvalue weighted by Crippen LogP contribution is -2.60. The van der Waals surface area contributed by atoms with Gasteiger partial charge in [-0.05, 0) is 44.4 Å². The molecule has 328 valence electrons. The van der Waals surface area contributed by atoms with Gasteiger partial charge in [-0.25, -0.2) is 4.79 Å². The second kappa shape index (κ2) is 26.0. The Morgan fingerprint density at radius 1 is 0.603 bits per heavy atom. The molecule has 0 saturated carbocycles. The van der Waals surface area contributed by atoms with Crippen molar-refractivity contribution < 1.29 is 58.2 Å². The van der Waals surface area contributed by atoms with Gasteiger partial charge in [0.05, 0.1) is 18.9 Å². The number of aliphatic imine (C=N–C) groups is 1. The number of nitrogens with zero attached hydrogens (tertiary/aromatic N) is 1. The Balaban J connectivity index is 6.10. The van der Waals surface area contributed by atoms with E-state index in [9.17, 15) is 58.2 Å². The second-order valence-corrected chi connectivity index (χ2v) is 14.1. The van der Waals surface area contributed by atoms with Gasteiger partial charge in [0, 0.05) is 13.0 Å². The predicted molar refractivity (Wildman–Crippen MR) is 206 cm³/mol. The first kappa shape index (κ1) is 51.9. The molecule has 0 bridgehead atoms. The summed E-state index contributed by atoms with van der Waals surface area (Å²) in [7, 11) is 0. The molecule has 8 amide bonds. The molecule has 0 aromatic carbocycles. The van der Waals surface area contributed by atoms with Crippen LogP contribution in [0.5, 0.6) is 0 Å². The first-order valence-electron chi connectivity index (χ1n) is 18.5. The summed E-state index contributed by atoms with van der Waals surface area (Å²) < 4.78 is 0. The number of guanidine groups is 1. The molecule has 0 radical (unpaired) electrons.